The van der Waals surface area contributed by atoms with E-state index < -0.39 is 11.7 Å². The summed E-state index contributed by atoms with van der Waals surface area (Å²) < 4.78 is 39.4. The molecule has 0 aliphatic carbocycles. The largest absolute Gasteiger partial charge is 0.416 e. The van der Waals surface area contributed by atoms with Crippen molar-refractivity contribution >= 4 is 11.7 Å². The molecule has 0 N–H and O–H groups in total. The fraction of sp³-hybridized carbons (Fsp3) is 0.522. The van der Waals surface area contributed by atoms with Crippen molar-refractivity contribution in [2.75, 3.05) is 37.6 Å². The van der Waals surface area contributed by atoms with E-state index in [1.807, 2.05) is 16.7 Å². The summed E-state index contributed by atoms with van der Waals surface area (Å²) in [5.41, 5.74) is 1.94. The molecule has 2 aliphatic heterocycles. The average molecular weight is 448 g/mol. The van der Waals surface area contributed by atoms with E-state index in [0.717, 1.165) is 24.7 Å². The Labute approximate surface area is 186 Å². The van der Waals surface area contributed by atoms with Gasteiger partial charge >= 0.3 is 6.18 Å². The van der Waals surface area contributed by atoms with Gasteiger partial charge in [-0.3, -0.25) is 9.69 Å². The van der Waals surface area contributed by atoms with Crippen molar-refractivity contribution in [1.82, 2.24) is 19.8 Å². The summed E-state index contributed by atoms with van der Waals surface area (Å²) in [5, 5.41) is 0. The van der Waals surface area contributed by atoms with Gasteiger partial charge in [-0.25, -0.2) is 9.97 Å². The fourth-order valence-corrected chi connectivity index (χ4v) is 4.48. The number of alkyl halides is 3. The first-order valence-corrected chi connectivity index (χ1v) is 10.9. The molecule has 0 atom stereocenters. The Morgan fingerprint density at radius 1 is 1.03 bits per heavy atom. The molecule has 1 aromatic carbocycles. The van der Waals surface area contributed by atoms with Crippen LogP contribution in [0.3, 0.4) is 0 Å². The standard InChI is InChI=1S/C23H28F3N5O/c1-15(2)29-8-10-30(11-9-29)22(32)20-16(3)21(28-14-27-20)31-7-6-17-4-5-19(23(24,25)26)12-18(17)13-31/h4-5,12,14-15H,6-11,13H2,1-3H3. The van der Waals surface area contributed by atoms with E-state index in [0.29, 0.717) is 61.3 Å². The highest BCUT2D eigenvalue weighted by atomic mass is 19.4. The molecular weight excluding hydrogens is 419 g/mol. The summed E-state index contributed by atoms with van der Waals surface area (Å²) in [5.74, 6) is 0.485. The molecule has 1 fully saturated rings. The number of carbonyl (C=O) groups excluding carboxylic acids is 1. The third-order valence-electron chi connectivity index (χ3n) is 6.44. The van der Waals surface area contributed by atoms with Crippen LogP contribution in [0.1, 0.15) is 46.6 Å². The van der Waals surface area contributed by atoms with Crippen molar-refractivity contribution in [3.8, 4) is 0 Å². The third-order valence-corrected chi connectivity index (χ3v) is 6.44. The van der Waals surface area contributed by atoms with Gasteiger partial charge < -0.3 is 9.80 Å². The van der Waals surface area contributed by atoms with E-state index in [1.54, 1.807) is 6.07 Å². The second kappa shape index (κ2) is 8.69. The van der Waals surface area contributed by atoms with Gasteiger partial charge in [0.1, 0.15) is 17.8 Å². The number of piperazine rings is 1. The van der Waals surface area contributed by atoms with Crippen molar-refractivity contribution < 1.29 is 18.0 Å². The number of hydrogen-bond acceptors (Lipinski definition) is 5. The SMILES string of the molecule is Cc1c(C(=O)N2CCN(C(C)C)CC2)ncnc1N1CCc2ccc(C(F)(F)F)cc2C1. The van der Waals surface area contributed by atoms with E-state index in [4.69, 9.17) is 0 Å². The lowest BCUT2D eigenvalue weighted by Crippen LogP contribution is -2.51. The number of amides is 1. The number of nitrogens with zero attached hydrogens (tertiary/aromatic N) is 5. The normalized spacial score (nSPS) is 17.6. The lowest BCUT2D eigenvalue weighted by Gasteiger charge is -2.37. The Balaban J connectivity index is 1.54. The van der Waals surface area contributed by atoms with Crippen LogP contribution < -0.4 is 4.90 Å². The molecule has 9 heteroatoms. The summed E-state index contributed by atoms with van der Waals surface area (Å²) in [4.78, 5) is 27.9. The topological polar surface area (TPSA) is 52.6 Å². The van der Waals surface area contributed by atoms with Gasteiger partial charge in [0.25, 0.3) is 5.91 Å². The third kappa shape index (κ3) is 4.44. The second-order valence-corrected chi connectivity index (χ2v) is 8.75. The molecule has 1 amide bonds. The van der Waals surface area contributed by atoms with E-state index in [1.165, 1.54) is 12.4 Å². The van der Waals surface area contributed by atoms with Crippen LogP contribution in [0.2, 0.25) is 0 Å². The molecule has 0 saturated carbocycles. The number of carbonyl (C=O) groups is 1. The first kappa shape index (κ1) is 22.5. The van der Waals surface area contributed by atoms with Gasteiger partial charge in [-0.05, 0) is 50.5 Å². The minimum atomic E-state index is -4.37. The molecule has 0 unspecified atom stereocenters. The number of halogens is 3. The lowest BCUT2D eigenvalue weighted by molar-refractivity contribution is -0.137. The summed E-state index contributed by atoms with van der Waals surface area (Å²) >= 11 is 0. The fourth-order valence-electron chi connectivity index (χ4n) is 4.48. The summed E-state index contributed by atoms with van der Waals surface area (Å²) in [6, 6.07) is 4.37. The Kier molecular flexibility index (Phi) is 6.11. The molecule has 6 nitrogen and oxygen atoms in total. The Morgan fingerprint density at radius 2 is 1.75 bits per heavy atom. The average Bonchev–Trinajstić information content (AvgIpc) is 2.77. The number of hydrogen-bond donors (Lipinski definition) is 0. The van der Waals surface area contributed by atoms with Crippen molar-refractivity contribution in [2.24, 2.45) is 0 Å². The molecule has 0 spiro atoms. The first-order chi connectivity index (χ1) is 15.1. The lowest BCUT2D eigenvalue weighted by atomic mass is 9.97. The summed E-state index contributed by atoms with van der Waals surface area (Å²) in [6.45, 7) is 9.98. The van der Waals surface area contributed by atoms with Crippen LogP contribution >= 0.6 is 0 Å². The minimum Gasteiger partial charge on any atom is -0.352 e. The maximum Gasteiger partial charge on any atom is 0.416 e. The van der Waals surface area contributed by atoms with E-state index in [-0.39, 0.29) is 5.91 Å². The molecule has 0 radical (unpaired) electrons. The van der Waals surface area contributed by atoms with E-state index in [2.05, 4.69) is 28.7 Å². The maximum absolute atomic E-state index is 13.2. The van der Waals surface area contributed by atoms with Gasteiger partial charge in [0.05, 0.1) is 5.56 Å². The zero-order chi connectivity index (χ0) is 23.0. The Morgan fingerprint density at radius 3 is 2.41 bits per heavy atom. The van der Waals surface area contributed by atoms with Crippen LogP contribution in [0.15, 0.2) is 24.5 Å². The quantitative estimate of drug-likeness (QED) is 0.721. The predicted molar refractivity (Wildman–Crippen MR) is 116 cm³/mol. The highest BCUT2D eigenvalue weighted by Crippen LogP contribution is 2.33. The summed E-state index contributed by atoms with van der Waals surface area (Å²) in [6.07, 6.45) is -2.37. The van der Waals surface area contributed by atoms with Crippen LogP contribution in [0.4, 0.5) is 19.0 Å². The van der Waals surface area contributed by atoms with Crippen LogP contribution in [-0.4, -0.2) is 64.4 Å². The van der Waals surface area contributed by atoms with Gasteiger partial charge in [0, 0.05) is 50.9 Å². The smallest absolute Gasteiger partial charge is 0.352 e. The van der Waals surface area contributed by atoms with Crippen molar-refractivity contribution in [3.05, 3.63) is 52.5 Å². The van der Waals surface area contributed by atoms with Crippen LogP contribution in [0.5, 0.6) is 0 Å². The molecular formula is C23H28F3N5O. The highest BCUT2D eigenvalue weighted by molar-refractivity contribution is 5.94. The number of rotatable bonds is 3. The van der Waals surface area contributed by atoms with Gasteiger partial charge in [-0.1, -0.05) is 6.07 Å². The number of benzene rings is 1. The van der Waals surface area contributed by atoms with Crippen molar-refractivity contribution in [3.63, 3.8) is 0 Å². The van der Waals surface area contributed by atoms with E-state index in [9.17, 15) is 18.0 Å². The molecule has 1 aromatic heterocycles. The monoisotopic (exact) mass is 447 g/mol. The number of aromatic nitrogens is 2. The summed E-state index contributed by atoms with van der Waals surface area (Å²) in [7, 11) is 0. The molecule has 4 rings (SSSR count). The second-order valence-electron chi connectivity index (χ2n) is 8.75. The zero-order valence-corrected chi connectivity index (χ0v) is 18.6. The van der Waals surface area contributed by atoms with Crippen molar-refractivity contribution in [2.45, 2.75) is 46.0 Å². The molecule has 1 saturated heterocycles. The van der Waals surface area contributed by atoms with Gasteiger partial charge in [0.2, 0.25) is 0 Å². The van der Waals surface area contributed by atoms with Crippen LogP contribution in [0, 0.1) is 6.92 Å². The molecule has 2 aromatic rings. The van der Waals surface area contributed by atoms with Crippen molar-refractivity contribution in [1.29, 1.82) is 0 Å². The zero-order valence-electron chi connectivity index (χ0n) is 18.6. The van der Waals surface area contributed by atoms with Crippen LogP contribution in [-0.2, 0) is 19.1 Å². The highest BCUT2D eigenvalue weighted by Gasteiger charge is 2.32. The Hall–Kier alpha value is -2.68. The first-order valence-electron chi connectivity index (χ1n) is 10.9. The maximum atomic E-state index is 13.2. The molecule has 3 heterocycles. The van der Waals surface area contributed by atoms with Gasteiger partial charge in [-0.15, -0.1) is 0 Å². The molecule has 32 heavy (non-hydrogen) atoms. The molecule has 0 bridgehead atoms. The van der Waals surface area contributed by atoms with Crippen LogP contribution in [0.25, 0.3) is 0 Å². The predicted octanol–water partition coefficient (Wildman–Crippen LogP) is 3.53. The number of anilines is 1. The Bertz CT molecular complexity index is 1000. The van der Waals surface area contributed by atoms with E-state index >= 15 is 0 Å². The number of fused-ring (bicyclic) bond motifs is 1. The van der Waals surface area contributed by atoms with Gasteiger partial charge in [0.15, 0.2) is 0 Å². The molecule has 172 valence electrons. The molecule has 2 aliphatic rings. The van der Waals surface area contributed by atoms with Gasteiger partial charge in [-0.2, -0.15) is 13.2 Å². The minimum absolute atomic E-state index is 0.119.